The van der Waals surface area contributed by atoms with Crippen molar-refractivity contribution in [3.05, 3.63) is 12.2 Å². The molecule has 5 heteroatoms. The van der Waals surface area contributed by atoms with E-state index in [2.05, 4.69) is 22.2 Å². The second-order valence-electron chi connectivity index (χ2n) is 3.06. The summed E-state index contributed by atoms with van der Waals surface area (Å²) in [6.07, 6.45) is 6.14. The van der Waals surface area contributed by atoms with Gasteiger partial charge in [-0.1, -0.05) is 13.3 Å². The predicted molar refractivity (Wildman–Crippen MR) is 58.4 cm³/mol. The molecule has 15 heavy (non-hydrogen) atoms. The van der Waals surface area contributed by atoms with Crippen LogP contribution >= 0.6 is 0 Å². The predicted octanol–water partition coefficient (Wildman–Crippen LogP) is 1.10. The molecular formula is C10H13N3O2. The molecule has 3 amide bonds. The monoisotopic (exact) mass is 207 g/mol. The van der Waals surface area contributed by atoms with E-state index in [-0.39, 0.29) is 5.91 Å². The van der Waals surface area contributed by atoms with Gasteiger partial charge in [-0.3, -0.25) is 4.79 Å². The van der Waals surface area contributed by atoms with Crippen LogP contribution in [-0.4, -0.2) is 30.4 Å². The second-order valence-corrected chi connectivity index (χ2v) is 3.06. The summed E-state index contributed by atoms with van der Waals surface area (Å²) >= 11 is 0. The third-order valence-corrected chi connectivity index (χ3v) is 1.77. The first-order valence-corrected chi connectivity index (χ1v) is 4.85. The molecule has 0 spiro atoms. The average Bonchev–Trinajstić information content (AvgIpc) is 2.62. The van der Waals surface area contributed by atoms with Gasteiger partial charge in [-0.25, -0.2) is 4.79 Å². The fraction of sp³-hybridized carbons (Fsp3) is 0.400. The third-order valence-electron chi connectivity index (χ3n) is 1.77. The van der Waals surface area contributed by atoms with Crippen molar-refractivity contribution in [1.82, 2.24) is 5.32 Å². The Morgan fingerprint density at radius 1 is 1.60 bits per heavy atom. The Hall–Kier alpha value is -1.78. The summed E-state index contributed by atoms with van der Waals surface area (Å²) < 4.78 is 0. The van der Waals surface area contributed by atoms with Crippen LogP contribution in [0, 0.1) is 0 Å². The maximum atomic E-state index is 11.2. The van der Waals surface area contributed by atoms with Gasteiger partial charge in [-0.2, -0.15) is 9.98 Å². The van der Waals surface area contributed by atoms with Crippen molar-refractivity contribution in [2.45, 2.75) is 19.8 Å². The molecule has 0 aromatic rings. The number of unbranched alkanes of at least 4 members (excludes halogenated alkanes) is 1. The standard InChI is InChI=1S/C10H13N3O2/c1-2-3-6-11-9(14)5-4-8-7-12-10(15)13-8/h4-5,7H,2-3,6H2,1H3,(H,11,14). The van der Waals surface area contributed by atoms with Crippen LogP contribution in [0.25, 0.3) is 0 Å². The van der Waals surface area contributed by atoms with Crippen molar-refractivity contribution in [1.29, 1.82) is 0 Å². The second kappa shape index (κ2) is 5.85. The average molecular weight is 207 g/mol. The van der Waals surface area contributed by atoms with Gasteiger partial charge in [0.15, 0.2) is 0 Å². The maximum absolute atomic E-state index is 11.2. The van der Waals surface area contributed by atoms with E-state index in [1.165, 1.54) is 18.4 Å². The van der Waals surface area contributed by atoms with E-state index in [9.17, 15) is 9.59 Å². The molecule has 0 atom stereocenters. The minimum Gasteiger partial charge on any atom is -0.353 e. The van der Waals surface area contributed by atoms with Crippen LogP contribution in [-0.2, 0) is 4.79 Å². The number of allylic oxidation sites excluding steroid dienone is 1. The highest BCUT2D eigenvalue weighted by molar-refractivity contribution is 6.42. The molecule has 0 aliphatic carbocycles. The molecule has 1 rings (SSSR count). The Morgan fingerprint density at radius 3 is 3.00 bits per heavy atom. The molecule has 0 fully saturated rings. The molecule has 80 valence electrons. The van der Waals surface area contributed by atoms with Crippen molar-refractivity contribution < 1.29 is 9.59 Å². The van der Waals surface area contributed by atoms with Crippen LogP contribution in [0.3, 0.4) is 0 Å². The summed E-state index contributed by atoms with van der Waals surface area (Å²) in [4.78, 5) is 28.7. The molecule has 5 nitrogen and oxygen atoms in total. The van der Waals surface area contributed by atoms with E-state index in [1.54, 1.807) is 0 Å². The van der Waals surface area contributed by atoms with E-state index >= 15 is 0 Å². The lowest BCUT2D eigenvalue weighted by molar-refractivity contribution is -0.116. The molecule has 1 N–H and O–H groups in total. The van der Waals surface area contributed by atoms with Crippen LogP contribution in [0.2, 0.25) is 0 Å². The molecule has 0 saturated heterocycles. The largest absolute Gasteiger partial charge is 0.367 e. The van der Waals surface area contributed by atoms with Crippen molar-refractivity contribution >= 4 is 23.9 Å². The van der Waals surface area contributed by atoms with E-state index in [1.807, 2.05) is 0 Å². The minimum absolute atomic E-state index is 0.182. The SMILES string of the molecule is CCCCNC(=O)C=CC1=NC(=O)N=C1. The summed E-state index contributed by atoms with van der Waals surface area (Å²) in [5, 5.41) is 2.71. The molecule has 0 unspecified atom stereocenters. The third kappa shape index (κ3) is 4.30. The van der Waals surface area contributed by atoms with Gasteiger partial charge in [0.1, 0.15) is 0 Å². The van der Waals surface area contributed by atoms with Crippen LogP contribution in [0.1, 0.15) is 19.8 Å². The highest BCUT2D eigenvalue weighted by atomic mass is 16.2. The molecule has 0 bridgehead atoms. The summed E-state index contributed by atoms with van der Waals surface area (Å²) in [6.45, 7) is 2.72. The van der Waals surface area contributed by atoms with Gasteiger partial charge in [-0.15, -0.1) is 0 Å². The first-order valence-electron chi connectivity index (χ1n) is 4.85. The molecule has 1 heterocycles. The van der Waals surface area contributed by atoms with Gasteiger partial charge >= 0.3 is 6.03 Å². The van der Waals surface area contributed by atoms with Gasteiger partial charge in [0.25, 0.3) is 0 Å². The van der Waals surface area contributed by atoms with Gasteiger partial charge in [0.05, 0.1) is 11.9 Å². The Kier molecular flexibility index (Phi) is 4.40. The molecule has 1 aliphatic rings. The summed E-state index contributed by atoms with van der Waals surface area (Å²) in [5.41, 5.74) is 0.408. The van der Waals surface area contributed by atoms with Gasteiger partial charge < -0.3 is 5.32 Å². The zero-order chi connectivity index (χ0) is 11.1. The van der Waals surface area contributed by atoms with Crippen LogP contribution in [0.5, 0.6) is 0 Å². The van der Waals surface area contributed by atoms with Crippen LogP contribution < -0.4 is 5.32 Å². The number of hydrogen-bond acceptors (Lipinski definition) is 2. The summed E-state index contributed by atoms with van der Waals surface area (Å²) in [7, 11) is 0. The quantitative estimate of drug-likeness (QED) is 0.541. The highest BCUT2D eigenvalue weighted by Crippen LogP contribution is 1.93. The summed E-state index contributed by atoms with van der Waals surface area (Å²) in [6, 6.07) is -0.527. The maximum Gasteiger partial charge on any atom is 0.367 e. The Balaban J connectivity index is 2.32. The molecule has 0 saturated carbocycles. The smallest absolute Gasteiger partial charge is 0.353 e. The van der Waals surface area contributed by atoms with Crippen LogP contribution in [0.4, 0.5) is 4.79 Å². The molecule has 1 aliphatic heterocycles. The van der Waals surface area contributed by atoms with Gasteiger partial charge in [-0.05, 0) is 12.5 Å². The zero-order valence-corrected chi connectivity index (χ0v) is 8.56. The topological polar surface area (TPSA) is 70.9 Å². The summed E-state index contributed by atoms with van der Waals surface area (Å²) in [5.74, 6) is -0.182. The lowest BCUT2D eigenvalue weighted by Crippen LogP contribution is -2.22. The Morgan fingerprint density at radius 2 is 2.40 bits per heavy atom. The Bertz CT molecular complexity index is 343. The highest BCUT2D eigenvalue weighted by Gasteiger charge is 2.04. The van der Waals surface area contributed by atoms with Crippen molar-refractivity contribution in [3.8, 4) is 0 Å². The van der Waals surface area contributed by atoms with Crippen molar-refractivity contribution in [3.63, 3.8) is 0 Å². The van der Waals surface area contributed by atoms with Crippen LogP contribution in [0.15, 0.2) is 22.1 Å². The number of nitrogens with zero attached hydrogens (tertiary/aromatic N) is 2. The van der Waals surface area contributed by atoms with Gasteiger partial charge in [0.2, 0.25) is 5.91 Å². The Labute approximate surface area is 88.0 Å². The van der Waals surface area contributed by atoms with E-state index < -0.39 is 6.03 Å². The normalized spacial score (nSPS) is 14.7. The number of nitrogens with one attached hydrogen (secondary N) is 1. The van der Waals surface area contributed by atoms with E-state index in [4.69, 9.17) is 0 Å². The number of aliphatic imine (C=N–C) groups is 2. The van der Waals surface area contributed by atoms with Gasteiger partial charge in [0, 0.05) is 12.6 Å². The lowest BCUT2D eigenvalue weighted by atomic mass is 10.3. The first-order chi connectivity index (χ1) is 7.22. The number of urea groups is 1. The number of hydrogen-bond donors (Lipinski definition) is 1. The van der Waals surface area contributed by atoms with E-state index in [0.717, 1.165) is 12.8 Å². The minimum atomic E-state index is -0.527. The molecule has 0 radical (unpaired) electrons. The lowest BCUT2D eigenvalue weighted by Gasteiger charge is -1.98. The fourth-order valence-corrected chi connectivity index (χ4v) is 0.978. The first kappa shape index (κ1) is 11.3. The fourth-order valence-electron chi connectivity index (χ4n) is 0.978. The van der Waals surface area contributed by atoms with Crippen molar-refractivity contribution in [2.75, 3.05) is 6.54 Å². The molecule has 0 aromatic carbocycles. The zero-order valence-electron chi connectivity index (χ0n) is 8.56. The van der Waals surface area contributed by atoms with E-state index in [0.29, 0.717) is 12.3 Å². The molecule has 0 aromatic heterocycles. The molecular weight excluding hydrogens is 194 g/mol. The number of carbonyl (C=O) groups is 2. The number of rotatable bonds is 5. The van der Waals surface area contributed by atoms with Crippen molar-refractivity contribution in [2.24, 2.45) is 9.98 Å². The number of carbonyl (C=O) groups excluding carboxylic acids is 2. The number of amides is 3.